The molecule has 136 valence electrons. The van der Waals surface area contributed by atoms with Crippen LogP contribution in [0.4, 0.5) is 0 Å². The number of hydrogen-bond acceptors (Lipinski definition) is 4. The Morgan fingerprint density at radius 2 is 2.08 bits per heavy atom. The van der Waals surface area contributed by atoms with Crippen molar-refractivity contribution in [2.45, 2.75) is 59.0 Å². The van der Waals surface area contributed by atoms with E-state index in [0.717, 1.165) is 44.1 Å². The third-order valence-electron chi connectivity index (χ3n) is 4.71. The number of aryl methyl sites for hydroxylation is 1. The largest absolute Gasteiger partial charge is 0.465 e. The summed E-state index contributed by atoms with van der Waals surface area (Å²) in [6.07, 6.45) is 1.42. The van der Waals surface area contributed by atoms with Crippen LogP contribution >= 0.6 is 0 Å². The first-order valence-corrected chi connectivity index (χ1v) is 9.29. The average Bonchev–Trinajstić information content (AvgIpc) is 3.18. The fourth-order valence-corrected chi connectivity index (χ4v) is 3.25. The van der Waals surface area contributed by atoms with E-state index in [-0.39, 0.29) is 0 Å². The molecule has 1 saturated heterocycles. The first kappa shape index (κ1) is 18.2. The van der Waals surface area contributed by atoms with Gasteiger partial charge >= 0.3 is 0 Å². The molecule has 2 aromatic rings. The fraction of sp³-hybridized carbons (Fsp3) is 0.524. The Bertz CT molecular complexity index is 651. The van der Waals surface area contributed by atoms with Crippen LogP contribution < -0.4 is 5.32 Å². The quantitative estimate of drug-likeness (QED) is 0.790. The van der Waals surface area contributed by atoms with Crippen molar-refractivity contribution < 1.29 is 9.15 Å². The average molecular weight is 342 g/mol. The summed E-state index contributed by atoms with van der Waals surface area (Å²) in [6.45, 7) is 10.8. The summed E-state index contributed by atoms with van der Waals surface area (Å²) in [5, 5.41) is 3.39. The number of nitrogens with zero attached hydrogens (tertiary/aromatic N) is 1. The summed E-state index contributed by atoms with van der Waals surface area (Å²) in [5.74, 6) is 1.96. The van der Waals surface area contributed by atoms with E-state index in [0.29, 0.717) is 18.8 Å². The van der Waals surface area contributed by atoms with Crippen LogP contribution in [-0.2, 0) is 24.4 Å². The second-order valence-corrected chi connectivity index (χ2v) is 7.27. The molecule has 1 aromatic heterocycles. The van der Waals surface area contributed by atoms with Crippen LogP contribution in [-0.4, -0.2) is 30.1 Å². The molecule has 1 atom stereocenters. The second-order valence-electron chi connectivity index (χ2n) is 7.27. The topological polar surface area (TPSA) is 37.6 Å². The van der Waals surface area contributed by atoms with Crippen molar-refractivity contribution in [2.75, 3.05) is 13.1 Å². The van der Waals surface area contributed by atoms with E-state index in [1.807, 2.05) is 6.92 Å². The van der Waals surface area contributed by atoms with Crippen LogP contribution in [0.15, 0.2) is 40.8 Å². The molecule has 4 nitrogen and oxygen atoms in total. The zero-order valence-electron chi connectivity index (χ0n) is 15.6. The summed E-state index contributed by atoms with van der Waals surface area (Å²) in [5.41, 5.74) is 2.54. The maximum Gasteiger partial charge on any atom is 0.118 e. The van der Waals surface area contributed by atoms with Crippen molar-refractivity contribution in [1.82, 2.24) is 10.2 Å². The van der Waals surface area contributed by atoms with Gasteiger partial charge in [-0.15, -0.1) is 0 Å². The zero-order chi connectivity index (χ0) is 17.6. The van der Waals surface area contributed by atoms with Gasteiger partial charge in [0.15, 0.2) is 0 Å². The summed E-state index contributed by atoms with van der Waals surface area (Å²) in [4.78, 5) is 2.47. The van der Waals surface area contributed by atoms with Crippen molar-refractivity contribution in [3.05, 3.63) is 59.0 Å². The second kappa shape index (κ2) is 8.65. The Hall–Kier alpha value is -1.62. The van der Waals surface area contributed by atoms with E-state index in [1.54, 1.807) is 0 Å². The number of likely N-dealkylation sites (tertiary alicyclic amines) is 1. The molecule has 1 aliphatic heterocycles. The molecule has 1 N–H and O–H groups in total. The normalized spacial score (nSPS) is 18.3. The third kappa shape index (κ3) is 5.43. The number of hydrogen-bond donors (Lipinski definition) is 1. The first-order valence-electron chi connectivity index (χ1n) is 9.29. The molecular formula is C21H30N2O2. The minimum Gasteiger partial charge on any atom is -0.465 e. The molecule has 3 rings (SSSR count). The number of benzene rings is 1. The van der Waals surface area contributed by atoms with Crippen LogP contribution in [0.25, 0.3) is 0 Å². The Morgan fingerprint density at radius 3 is 2.84 bits per heavy atom. The van der Waals surface area contributed by atoms with Crippen LogP contribution in [0, 0.1) is 6.92 Å². The van der Waals surface area contributed by atoms with Crippen LogP contribution in [0.5, 0.6) is 0 Å². The van der Waals surface area contributed by atoms with Crippen molar-refractivity contribution in [3.8, 4) is 0 Å². The summed E-state index contributed by atoms with van der Waals surface area (Å²) >= 11 is 0. The van der Waals surface area contributed by atoms with Gasteiger partial charge in [-0.05, 0) is 25.0 Å². The van der Waals surface area contributed by atoms with Gasteiger partial charge in [0.1, 0.15) is 11.5 Å². The summed E-state index contributed by atoms with van der Waals surface area (Å²) in [7, 11) is 0. The molecule has 0 radical (unpaired) electrons. The van der Waals surface area contributed by atoms with Crippen molar-refractivity contribution in [1.29, 1.82) is 0 Å². The number of ether oxygens (including phenoxy) is 1. The van der Waals surface area contributed by atoms with Gasteiger partial charge in [-0.1, -0.05) is 44.2 Å². The SMILES string of the molecule is Cc1oc(CNC(C)C)cc1COC1CCN(Cc2ccccc2)C1. The van der Waals surface area contributed by atoms with E-state index in [4.69, 9.17) is 9.15 Å². The molecule has 0 bridgehead atoms. The molecule has 2 heterocycles. The van der Waals surface area contributed by atoms with Crippen LogP contribution in [0.1, 0.15) is 42.9 Å². The van der Waals surface area contributed by atoms with Gasteiger partial charge in [0.25, 0.3) is 0 Å². The van der Waals surface area contributed by atoms with Crippen molar-refractivity contribution >= 4 is 0 Å². The van der Waals surface area contributed by atoms with Gasteiger partial charge in [0.05, 0.1) is 19.3 Å². The lowest BCUT2D eigenvalue weighted by atomic mass is 10.2. The first-order chi connectivity index (χ1) is 12.1. The van der Waals surface area contributed by atoms with Gasteiger partial charge in [0.2, 0.25) is 0 Å². The van der Waals surface area contributed by atoms with E-state index in [9.17, 15) is 0 Å². The maximum atomic E-state index is 6.15. The Morgan fingerprint density at radius 1 is 1.28 bits per heavy atom. The summed E-state index contributed by atoms with van der Waals surface area (Å²) < 4.78 is 12.0. The van der Waals surface area contributed by atoms with E-state index < -0.39 is 0 Å². The molecule has 1 aromatic carbocycles. The fourth-order valence-electron chi connectivity index (χ4n) is 3.25. The minimum atomic E-state index is 0.315. The smallest absolute Gasteiger partial charge is 0.118 e. The predicted octanol–water partition coefficient (Wildman–Crippen LogP) is 3.88. The molecule has 1 fully saturated rings. The van der Waals surface area contributed by atoms with Crippen LogP contribution in [0.3, 0.4) is 0 Å². The number of nitrogens with one attached hydrogen (secondary N) is 1. The van der Waals surface area contributed by atoms with Gasteiger partial charge in [-0.25, -0.2) is 0 Å². The lowest BCUT2D eigenvalue weighted by Crippen LogP contribution is -2.23. The van der Waals surface area contributed by atoms with Crippen molar-refractivity contribution in [2.24, 2.45) is 0 Å². The number of furan rings is 1. The molecule has 0 aliphatic carbocycles. The molecule has 1 unspecified atom stereocenters. The lowest BCUT2D eigenvalue weighted by molar-refractivity contribution is 0.0455. The minimum absolute atomic E-state index is 0.315. The third-order valence-corrected chi connectivity index (χ3v) is 4.71. The Balaban J connectivity index is 1.45. The molecular weight excluding hydrogens is 312 g/mol. The summed E-state index contributed by atoms with van der Waals surface area (Å²) in [6, 6.07) is 13.2. The standard InChI is InChI=1S/C21H30N2O2/c1-16(2)22-12-21-11-19(17(3)25-21)15-24-20-9-10-23(14-20)13-18-7-5-4-6-8-18/h4-8,11,16,20,22H,9-10,12-15H2,1-3H3. The predicted molar refractivity (Wildman–Crippen MR) is 100 cm³/mol. The van der Waals surface area contributed by atoms with Gasteiger partial charge in [0, 0.05) is 31.2 Å². The monoisotopic (exact) mass is 342 g/mol. The molecule has 4 heteroatoms. The van der Waals surface area contributed by atoms with Gasteiger partial charge in [-0.2, -0.15) is 0 Å². The zero-order valence-corrected chi connectivity index (χ0v) is 15.6. The molecule has 0 spiro atoms. The lowest BCUT2D eigenvalue weighted by Gasteiger charge is -2.16. The van der Waals surface area contributed by atoms with Crippen molar-refractivity contribution in [3.63, 3.8) is 0 Å². The highest BCUT2D eigenvalue weighted by molar-refractivity contribution is 5.20. The number of rotatable bonds is 8. The highest BCUT2D eigenvalue weighted by Crippen LogP contribution is 2.20. The molecule has 1 aliphatic rings. The highest BCUT2D eigenvalue weighted by atomic mass is 16.5. The van der Waals surface area contributed by atoms with E-state index in [1.165, 1.54) is 11.1 Å². The van der Waals surface area contributed by atoms with Crippen LogP contribution in [0.2, 0.25) is 0 Å². The van der Waals surface area contributed by atoms with E-state index >= 15 is 0 Å². The Kier molecular flexibility index (Phi) is 6.29. The van der Waals surface area contributed by atoms with E-state index in [2.05, 4.69) is 60.5 Å². The molecule has 0 saturated carbocycles. The Labute approximate surface area is 151 Å². The maximum absolute atomic E-state index is 6.15. The molecule has 0 amide bonds. The van der Waals surface area contributed by atoms with Gasteiger partial charge in [-0.3, -0.25) is 4.90 Å². The highest BCUT2D eigenvalue weighted by Gasteiger charge is 2.23. The molecule has 25 heavy (non-hydrogen) atoms. The van der Waals surface area contributed by atoms with Gasteiger partial charge < -0.3 is 14.5 Å².